The number of nitrogens with one attached hydrogen (secondary N) is 1. The molecule has 0 radical (unpaired) electrons. The Kier molecular flexibility index (Phi) is 7.52. The Labute approximate surface area is 224 Å². The van der Waals surface area contributed by atoms with E-state index < -0.39 is 35.8 Å². The molecule has 39 heavy (non-hydrogen) atoms. The van der Waals surface area contributed by atoms with Gasteiger partial charge in [0, 0.05) is 30.6 Å². The van der Waals surface area contributed by atoms with E-state index in [1.54, 1.807) is 64.2 Å². The van der Waals surface area contributed by atoms with Crippen LogP contribution in [0.4, 0.5) is 26.9 Å². The smallest absolute Gasteiger partial charge is 0.420 e. The number of carbonyl (C=O) groups excluding carboxylic acids is 1. The molecule has 2 amide bonds. The molecule has 13 heteroatoms. The van der Waals surface area contributed by atoms with Gasteiger partial charge in [-0.15, -0.1) is 0 Å². The van der Waals surface area contributed by atoms with Gasteiger partial charge < -0.3 is 25.0 Å². The number of carboxylic acid groups (broad SMARTS) is 2. The van der Waals surface area contributed by atoms with E-state index in [1.165, 1.54) is 9.42 Å². The van der Waals surface area contributed by atoms with E-state index in [2.05, 4.69) is 15.4 Å². The van der Waals surface area contributed by atoms with Crippen LogP contribution in [-0.4, -0.2) is 78.7 Å². The average Bonchev–Trinajstić information content (AvgIpc) is 3.49. The number of aliphatic carboxylic acids is 1. The zero-order valence-electron chi connectivity index (χ0n) is 22.4. The SMILES string of the molecule is CCOc1ccc(N(C(=O)OC(C)(C)C)c2c(C)c(NC3CC(C(=O)O)N(C(=O)O)C3)nc3ccnn23)cc1. The normalized spacial score (nSPS) is 17.2. The largest absolute Gasteiger partial charge is 0.494 e. The monoisotopic (exact) mass is 540 g/mol. The number of carboxylic acids is 1. The quantitative estimate of drug-likeness (QED) is 0.398. The van der Waals surface area contributed by atoms with Crippen molar-refractivity contribution in [1.82, 2.24) is 19.5 Å². The summed E-state index contributed by atoms with van der Waals surface area (Å²) in [4.78, 5) is 43.8. The molecule has 0 bridgehead atoms. The van der Waals surface area contributed by atoms with Crippen molar-refractivity contribution in [3.63, 3.8) is 0 Å². The third kappa shape index (κ3) is 5.81. The molecule has 1 aromatic carbocycles. The van der Waals surface area contributed by atoms with Crippen molar-refractivity contribution >= 4 is 41.1 Å². The van der Waals surface area contributed by atoms with E-state index in [0.717, 1.165) is 4.90 Å². The lowest BCUT2D eigenvalue weighted by Crippen LogP contribution is -2.39. The number of anilines is 3. The molecule has 0 aliphatic carbocycles. The van der Waals surface area contributed by atoms with Gasteiger partial charge in [0.15, 0.2) is 11.5 Å². The molecule has 2 atom stereocenters. The zero-order chi connectivity index (χ0) is 28.5. The van der Waals surface area contributed by atoms with Crippen molar-refractivity contribution in [3.8, 4) is 5.75 Å². The Morgan fingerprint density at radius 2 is 1.85 bits per heavy atom. The second-order valence-corrected chi connectivity index (χ2v) is 10.1. The summed E-state index contributed by atoms with van der Waals surface area (Å²) in [7, 11) is 0. The predicted molar refractivity (Wildman–Crippen MR) is 142 cm³/mol. The van der Waals surface area contributed by atoms with Gasteiger partial charge in [-0.25, -0.2) is 24.3 Å². The van der Waals surface area contributed by atoms with E-state index in [1.807, 2.05) is 6.92 Å². The average molecular weight is 541 g/mol. The second kappa shape index (κ2) is 10.7. The fourth-order valence-electron chi connectivity index (χ4n) is 4.47. The number of ether oxygens (including phenoxy) is 2. The lowest BCUT2D eigenvalue weighted by Gasteiger charge is -2.29. The third-order valence-corrected chi connectivity index (χ3v) is 6.11. The topological polar surface area (TPSA) is 159 Å². The number of hydrogen-bond acceptors (Lipinski definition) is 8. The lowest BCUT2D eigenvalue weighted by molar-refractivity contribution is -0.141. The van der Waals surface area contributed by atoms with Crippen LogP contribution in [0.15, 0.2) is 36.5 Å². The molecule has 1 saturated heterocycles. The van der Waals surface area contributed by atoms with E-state index >= 15 is 0 Å². The summed E-state index contributed by atoms with van der Waals surface area (Å²) in [6, 6.07) is 6.92. The van der Waals surface area contributed by atoms with Crippen LogP contribution in [0.3, 0.4) is 0 Å². The molecule has 4 rings (SSSR count). The molecular formula is C26H32N6O7. The Bertz CT molecular complexity index is 1360. The fourth-order valence-corrected chi connectivity index (χ4v) is 4.47. The van der Waals surface area contributed by atoms with Crippen LogP contribution in [0.1, 0.15) is 39.7 Å². The van der Waals surface area contributed by atoms with Crippen LogP contribution >= 0.6 is 0 Å². The number of amides is 2. The van der Waals surface area contributed by atoms with Crippen molar-refractivity contribution in [2.75, 3.05) is 23.4 Å². The maximum absolute atomic E-state index is 13.6. The first kappa shape index (κ1) is 27.5. The molecule has 1 fully saturated rings. The summed E-state index contributed by atoms with van der Waals surface area (Å²) in [5, 5.41) is 26.6. The molecule has 3 N–H and O–H groups in total. The highest BCUT2D eigenvalue weighted by molar-refractivity contribution is 5.97. The van der Waals surface area contributed by atoms with Gasteiger partial charge in [-0.1, -0.05) is 0 Å². The van der Waals surface area contributed by atoms with Crippen LogP contribution in [0.5, 0.6) is 5.75 Å². The Hall–Kier alpha value is -4.55. The summed E-state index contributed by atoms with van der Waals surface area (Å²) in [6.45, 7) is 9.38. The van der Waals surface area contributed by atoms with E-state index in [4.69, 9.17) is 9.47 Å². The zero-order valence-corrected chi connectivity index (χ0v) is 22.4. The third-order valence-electron chi connectivity index (χ3n) is 6.11. The highest BCUT2D eigenvalue weighted by Crippen LogP contribution is 2.35. The van der Waals surface area contributed by atoms with Gasteiger partial charge in [-0.05, 0) is 58.9 Å². The van der Waals surface area contributed by atoms with Crippen LogP contribution < -0.4 is 15.0 Å². The van der Waals surface area contributed by atoms with Gasteiger partial charge in [0.1, 0.15) is 23.2 Å². The van der Waals surface area contributed by atoms with Crippen LogP contribution in [-0.2, 0) is 9.53 Å². The summed E-state index contributed by atoms with van der Waals surface area (Å²) >= 11 is 0. The van der Waals surface area contributed by atoms with Gasteiger partial charge in [-0.3, -0.25) is 4.90 Å². The van der Waals surface area contributed by atoms with Gasteiger partial charge >= 0.3 is 18.2 Å². The number of aromatic nitrogens is 3. The Morgan fingerprint density at radius 3 is 2.41 bits per heavy atom. The first-order chi connectivity index (χ1) is 18.4. The van der Waals surface area contributed by atoms with Crippen molar-refractivity contribution in [2.24, 2.45) is 0 Å². The number of fused-ring (bicyclic) bond motifs is 1. The van der Waals surface area contributed by atoms with Crippen molar-refractivity contribution in [3.05, 3.63) is 42.1 Å². The van der Waals surface area contributed by atoms with Crippen LogP contribution in [0, 0.1) is 6.92 Å². The molecular weight excluding hydrogens is 508 g/mol. The van der Waals surface area contributed by atoms with Gasteiger partial charge in [-0.2, -0.15) is 9.61 Å². The first-order valence-corrected chi connectivity index (χ1v) is 12.5. The summed E-state index contributed by atoms with van der Waals surface area (Å²) < 4.78 is 12.8. The van der Waals surface area contributed by atoms with Gasteiger partial charge in [0.25, 0.3) is 0 Å². The minimum Gasteiger partial charge on any atom is -0.494 e. The number of hydrogen-bond donors (Lipinski definition) is 3. The molecule has 13 nitrogen and oxygen atoms in total. The van der Waals surface area contributed by atoms with Crippen molar-refractivity contribution < 1.29 is 34.1 Å². The van der Waals surface area contributed by atoms with Gasteiger partial charge in [0.2, 0.25) is 0 Å². The number of rotatable bonds is 7. The molecule has 1 aliphatic rings. The maximum Gasteiger partial charge on any atom is 0.420 e. The Balaban J connectivity index is 1.80. The van der Waals surface area contributed by atoms with Crippen LogP contribution in [0.2, 0.25) is 0 Å². The highest BCUT2D eigenvalue weighted by atomic mass is 16.6. The van der Waals surface area contributed by atoms with Crippen LogP contribution in [0.25, 0.3) is 5.65 Å². The summed E-state index contributed by atoms with van der Waals surface area (Å²) in [5.41, 5.74) is 0.641. The first-order valence-electron chi connectivity index (χ1n) is 12.5. The van der Waals surface area contributed by atoms with E-state index in [9.17, 15) is 24.6 Å². The van der Waals surface area contributed by atoms with E-state index in [-0.39, 0.29) is 13.0 Å². The van der Waals surface area contributed by atoms with Crippen molar-refractivity contribution in [2.45, 2.75) is 58.7 Å². The lowest BCUT2D eigenvalue weighted by atomic mass is 10.1. The Morgan fingerprint density at radius 1 is 1.15 bits per heavy atom. The molecule has 208 valence electrons. The molecule has 3 heterocycles. The molecule has 1 aliphatic heterocycles. The molecule has 2 unspecified atom stereocenters. The number of carbonyl (C=O) groups is 3. The molecule has 0 saturated carbocycles. The highest BCUT2D eigenvalue weighted by Gasteiger charge is 2.40. The minimum absolute atomic E-state index is 0.0398. The summed E-state index contributed by atoms with van der Waals surface area (Å²) in [5.74, 6) is 0.137. The molecule has 2 aromatic heterocycles. The summed E-state index contributed by atoms with van der Waals surface area (Å²) in [6.07, 6.45) is -0.359. The number of nitrogens with zero attached hydrogens (tertiary/aromatic N) is 5. The minimum atomic E-state index is -1.31. The second-order valence-electron chi connectivity index (χ2n) is 10.1. The molecule has 0 spiro atoms. The fraction of sp³-hybridized carbons (Fsp3) is 0.423. The predicted octanol–water partition coefficient (Wildman–Crippen LogP) is 4.13. The standard InChI is InChI=1S/C26H32N6O7/c1-6-38-18-9-7-17(8-10-18)31(25(37)39-26(3,4)5)22-15(2)21(29-20-11-12-27-32(20)22)28-16-13-19(23(33)34)30(14-16)24(35)36/h7-12,16,19H,6,13-14H2,1-5H3,(H,28,29)(H,33,34)(H,35,36). The van der Waals surface area contributed by atoms with Crippen molar-refractivity contribution in [1.29, 1.82) is 0 Å². The van der Waals surface area contributed by atoms with Gasteiger partial charge in [0.05, 0.1) is 18.5 Å². The maximum atomic E-state index is 13.6. The number of likely N-dealkylation sites (tertiary alicyclic amines) is 1. The van der Waals surface area contributed by atoms with E-state index in [0.29, 0.717) is 40.9 Å². The molecule has 3 aromatic rings. The number of benzene rings is 1.